The molecule has 1 atom stereocenters. The van der Waals surface area contributed by atoms with Gasteiger partial charge in [-0.25, -0.2) is 0 Å². The summed E-state index contributed by atoms with van der Waals surface area (Å²) < 4.78 is 16.9. The topological polar surface area (TPSA) is 67.4 Å². The second-order valence-electron chi connectivity index (χ2n) is 7.82. The van der Waals surface area contributed by atoms with Gasteiger partial charge in [0.05, 0.1) is 26.4 Å². The quantitative estimate of drug-likeness (QED) is 0.545. The van der Waals surface area contributed by atoms with Crippen LogP contribution in [0.3, 0.4) is 0 Å². The number of hydrogen-bond acceptors (Lipinski definition) is 5. The van der Waals surface area contributed by atoms with Crippen molar-refractivity contribution < 1.29 is 14.2 Å². The molecule has 2 aliphatic heterocycles. The summed E-state index contributed by atoms with van der Waals surface area (Å²) in [5.41, 5.74) is 2.20. The number of fused-ring (bicyclic) bond motifs is 1. The van der Waals surface area contributed by atoms with Gasteiger partial charge in [0.15, 0.2) is 17.5 Å². The van der Waals surface area contributed by atoms with Gasteiger partial charge in [-0.3, -0.25) is 9.89 Å². The summed E-state index contributed by atoms with van der Waals surface area (Å²) in [4.78, 5) is 6.95. The molecule has 2 heterocycles. The molecule has 2 aromatic rings. The Kier molecular flexibility index (Phi) is 7.14. The second kappa shape index (κ2) is 10.4. The van der Waals surface area contributed by atoms with E-state index in [1.807, 2.05) is 30.3 Å². The minimum atomic E-state index is 0.274. The van der Waals surface area contributed by atoms with Crippen LogP contribution >= 0.6 is 0 Å². The molecule has 2 aliphatic rings. The number of benzene rings is 2. The predicted octanol–water partition coefficient (Wildman–Crippen LogP) is 3.68. The first-order valence-electron chi connectivity index (χ1n) is 11.0. The SMILES string of the molecule is CN=C(NCC(c1ccc(OC)cc1)N1CCCC1)Nc1ccc2c(c1)OCCCO2. The molecule has 166 valence electrons. The fourth-order valence-electron chi connectivity index (χ4n) is 4.09. The van der Waals surface area contributed by atoms with Crippen LogP contribution in [-0.4, -0.2) is 57.9 Å². The number of hydrogen-bond donors (Lipinski definition) is 2. The molecule has 0 bridgehead atoms. The first-order chi connectivity index (χ1) is 15.3. The Balaban J connectivity index is 1.43. The second-order valence-corrected chi connectivity index (χ2v) is 7.82. The number of likely N-dealkylation sites (tertiary alicyclic amines) is 1. The summed E-state index contributed by atoms with van der Waals surface area (Å²) in [5.74, 6) is 3.17. The molecule has 1 saturated heterocycles. The molecule has 4 rings (SSSR count). The van der Waals surface area contributed by atoms with Gasteiger partial charge < -0.3 is 24.8 Å². The molecular formula is C24H32N4O3. The van der Waals surface area contributed by atoms with Crippen LogP contribution in [0.1, 0.15) is 30.9 Å². The highest BCUT2D eigenvalue weighted by Crippen LogP contribution is 2.32. The van der Waals surface area contributed by atoms with Crippen molar-refractivity contribution >= 4 is 11.6 Å². The van der Waals surface area contributed by atoms with E-state index in [0.29, 0.717) is 13.2 Å². The monoisotopic (exact) mass is 424 g/mol. The molecule has 1 unspecified atom stereocenters. The average Bonchev–Trinajstić information content (AvgIpc) is 3.24. The van der Waals surface area contributed by atoms with Crippen LogP contribution in [0.25, 0.3) is 0 Å². The number of nitrogens with one attached hydrogen (secondary N) is 2. The van der Waals surface area contributed by atoms with E-state index in [2.05, 4.69) is 32.7 Å². The lowest BCUT2D eigenvalue weighted by molar-refractivity contribution is 0.245. The normalized spacial score (nSPS) is 17.7. The Morgan fingerprint density at radius 1 is 1.03 bits per heavy atom. The molecule has 0 aliphatic carbocycles. The van der Waals surface area contributed by atoms with Crippen LogP contribution in [0.15, 0.2) is 47.5 Å². The third-order valence-corrected chi connectivity index (χ3v) is 5.78. The molecule has 0 amide bonds. The summed E-state index contributed by atoms with van der Waals surface area (Å²) in [5, 5.41) is 6.89. The van der Waals surface area contributed by atoms with Crippen LogP contribution in [0.4, 0.5) is 5.69 Å². The first-order valence-corrected chi connectivity index (χ1v) is 11.0. The minimum absolute atomic E-state index is 0.274. The molecule has 0 saturated carbocycles. The van der Waals surface area contributed by atoms with E-state index in [9.17, 15) is 0 Å². The van der Waals surface area contributed by atoms with Crippen LogP contribution in [0.5, 0.6) is 17.2 Å². The highest BCUT2D eigenvalue weighted by Gasteiger charge is 2.24. The van der Waals surface area contributed by atoms with Gasteiger partial charge in [0.2, 0.25) is 0 Å². The maximum atomic E-state index is 5.80. The average molecular weight is 425 g/mol. The van der Waals surface area contributed by atoms with Crippen molar-refractivity contribution in [1.82, 2.24) is 10.2 Å². The van der Waals surface area contributed by atoms with Crippen molar-refractivity contribution in [2.45, 2.75) is 25.3 Å². The highest BCUT2D eigenvalue weighted by molar-refractivity contribution is 5.93. The van der Waals surface area contributed by atoms with Gasteiger partial charge >= 0.3 is 0 Å². The molecular weight excluding hydrogens is 392 g/mol. The Morgan fingerprint density at radius 2 is 1.77 bits per heavy atom. The van der Waals surface area contributed by atoms with Gasteiger partial charge in [0.1, 0.15) is 5.75 Å². The summed E-state index contributed by atoms with van der Waals surface area (Å²) in [7, 11) is 3.49. The fraction of sp³-hybridized carbons (Fsp3) is 0.458. The van der Waals surface area contributed by atoms with Crippen molar-refractivity contribution in [2.24, 2.45) is 4.99 Å². The van der Waals surface area contributed by atoms with Crippen molar-refractivity contribution in [3.8, 4) is 17.2 Å². The maximum Gasteiger partial charge on any atom is 0.195 e. The summed E-state index contributed by atoms with van der Waals surface area (Å²) in [6, 6.07) is 14.5. The smallest absolute Gasteiger partial charge is 0.195 e. The van der Waals surface area contributed by atoms with E-state index < -0.39 is 0 Å². The van der Waals surface area contributed by atoms with Gasteiger partial charge in [0, 0.05) is 31.8 Å². The Labute approximate surface area is 184 Å². The van der Waals surface area contributed by atoms with E-state index in [-0.39, 0.29) is 6.04 Å². The largest absolute Gasteiger partial charge is 0.497 e. The van der Waals surface area contributed by atoms with Gasteiger partial charge in [-0.1, -0.05) is 12.1 Å². The van der Waals surface area contributed by atoms with Crippen molar-refractivity contribution in [3.63, 3.8) is 0 Å². The van der Waals surface area contributed by atoms with E-state index in [1.54, 1.807) is 14.2 Å². The summed E-state index contributed by atoms with van der Waals surface area (Å²) in [6.07, 6.45) is 3.39. The van der Waals surface area contributed by atoms with Gasteiger partial charge in [-0.15, -0.1) is 0 Å². The lowest BCUT2D eigenvalue weighted by Crippen LogP contribution is -2.39. The number of aliphatic imine (C=N–C) groups is 1. The molecule has 0 aromatic heterocycles. The molecule has 7 heteroatoms. The van der Waals surface area contributed by atoms with E-state index in [0.717, 1.165) is 55.0 Å². The lowest BCUT2D eigenvalue weighted by Gasteiger charge is -2.29. The summed E-state index contributed by atoms with van der Waals surface area (Å²) in [6.45, 7) is 4.35. The zero-order valence-electron chi connectivity index (χ0n) is 18.4. The lowest BCUT2D eigenvalue weighted by atomic mass is 10.1. The van der Waals surface area contributed by atoms with Gasteiger partial charge in [0.25, 0.3) is 0 Å². The predicted molar refractivity (Wildman–Crippen MR) is 124 cm³/mol. The molecule has 0 spiro atoms. The van der Waals surface area contributed by atoms with Crippen LogP contribution < -0.4 is 24.8 Å². The number of rotatable bonds is 6. The van der Waals surface area contributed by atoms with Crippen LogP contribution in [-0.2, 0) is 0 Å². The Morgan fingerprint density at radius 3 is 2.48 bits per heavy atom. The molecule has 0 radical (unpaired) electrons. The van der Waals surface area contributed by atoms with E-state index in [1.165, 1.54) is 18.4 Å². The number of ether oxygens (including phenoxy) is 3. The van der Waals surface area contributed by atoms with Crippen LogP contribution in [0.2, 0.25) is 0 Å². The maximum absolute atomic E-state index is 5.80. The van der Waals surface area contributed by atoms with Crippen molar-refractivity contribution in [3.05, 3.63) is 48.0 Å². The van der Waals surface area contributed by atoms with Gasteiger partial charge in [-0.2, -0.15) is 0 Å². The standard InChI is InChI=1S/C24H32N4O3/c1-25-24(27-19-8-11-22-23(16-19)31-15-5-14-30-22)26-17-21(28-12-3-4-13-28)18-6-9-20(29-2)10-7-18/h6-11,16,21H,3-5,12-15,17H2,1-2H3,(H2,25,26,27). The third kappa shape index (κ3) is 5.41. The minimum Gasteiger partial charge on any atom is -0.497 e. The molecule has 1 fully saturated rings. The highest BCUT2D eigenvalue weighted by atomic mass is 16.5. The molecule has 2 aromatic carbocycles. The van der Waals surface area contributed by atoms with E-state index >= 15 is 0 Å². The molecule has 7 nitrogen and oxygen atoms in total. The number of anilines is 1. The van der Waals surface area contributed by atoms with Crippen molar-refractivity contribution in [2.75, 3.05) is 52.3 Å². The van der Waals surface area contributed by atoms with Gasteiger partial charge in [-0.05, 0) is 55.8 Å². The van der Waals surface area contributed by atoms with Crippen molar-refractivity contribution in [1.29, 1.82) is 0 Å². The summed E-state index contributed by atoms with van der Waals surface area (Å²) >= 11 is 0. The first kappa shape index (κ1) is 21.3. The molecule has 2 N–H and O–H groups in total. The van der Waals surface area contributed by atoms with E-state index in [4.69, 9.17) is 14.2 Å². The Hall–Kier alpha value is -2.93. The Bertz CT molecular complexity index is 879. The number of guanidine groups is 1. The van der Waals surface area contributed by atoms with Crippen LogP contribution in [0, 0.1) is 0 Å². The zero-order valence-corrected chi connectivity index (χ0v) is 18.4. The molecule has 31 heavy (non-hydrogen) atoms. The zero-order chi connectivity index (χ0) is 21.5. The third-order valence-electron chi connectivity index (χ3n) is 5.78. The number of methoxy groups -OCH3 is 1. The fourth-order valence-corrected chi connectivity index (χ4v) is 4.09. The number of nitrogens with zero attached hydrogens (tertiary/aromatic N) is 2.